The van der Waals surface area contributed by atoms with E-state index in [9.17, 15) is 4.79 Å². The summed E-state index contributed by atoms with van der Waals surface area (Å²) in [7, 11) is 1.63. The fourth-order valence-corrected chi connectivity index (χ4v) is 1.43. The van der Waals surface area contributed by atoms with E-state index in [2.05, 4.69) is 4.98 Å². The molecule has 0 N–H and O–H groups in total. The van der Waals surface area contributed by atoms with Crippen LogP contribution in [0.5, 0.6) is 5.75 Å². The Bertz CT molecular complexity index is 517. The number of rotatable bonds is 3. The topological polar surface area (TPSA) is 44.1 Å². The number of hydrogen-bond acceptors (Lipinski definition) is 3. The van der Waals surface area contributed by atoms with Crippen LogP contribution in [0.25, 0.3) is 0 Å². The Morgan fingerprint density at radius 2 is 2.06 bits per heavy atom. The van der Waals surface area contributed by atoms with Crippen LogP contribution in [0.2, 0.25) is 0 Å². The van der Waals surface area contributed by atoms with Crippen LogP contribution in [-0.2, 0) is 6.54 Å². The molecule has 0 aliphatic carbocycles. The van der Waals surface area contributed by atoms with E-state index < -0.39 is 0 Å². The summed E-state index contributed by atoms with van der Waals surface area (Å²) in [5.74, 6) is 0.811. The van der Waals surface area contributed by atoms with E-state index in [1.807, 2.05) is 24.3 Å². The van der Waals surface area contributed by atoms with Gasteiger partial charge in [-0.25, -0.2) is 0 Å². The zero-order valence-electron chi connectivity index (χ0n) is 8.96. The second-order valence-corrected chi connectivity index (χ2v) is 3.39. The molecule has 16 heavy (non-hydrogen) atoms. The molecular formula is C12H12N2O2. The van der Waals surface area contributed by atoms with Crippen LogP contribution < -0.4 is 10.3 Å². The van der Waals surface area contributed by atoms with Crippen molar-refractivity contribution in [2.75, 3.05) is 7.11 Å². The molecule has 1 heterocycles. The summed E-state index contributed by atoms with van der Waals surface area (Å²) in [6.07, 6.45) is 4.58. The largest absolute Gasteiger partial charge is 0.497 e. The van der Waals surface area contributed by atoms with E-state index >= 15 is 0 Å². The van der Waals surface area contributed by atoms with Gasteiger partial charge in [-0.05, 0) is 17.7 Å². The minimum absolute atomic E-state index is 0.0988. The van der Waals surface area contributed by atoms with Crippen molar-refractivity contribution in [1.29, 1.82) is 0 Å². The molecule has 0 saturated heterocycles. The first-order chi connectivity index (χ1) is 7.79. The van der Waals surface area contributed by atoms with Gasteiger partial charge in [0.05, 0.1) is 19.9 Å². The first-order valence-electron chi connectivity index (χ1n) is 4.93. The number of benzene rings is 1. The Balaban J connectivity index is 2.21. The molecule has 0 atom stereocenters. The average Bonchev–Trinajstić information content (AvgIpc) is 2.33. The van der Waals surface area contributed by atoms with E-state index in [1.54, 1.807) is 24.1 Å². The van der Waals surface area contributed by atoms with Crippen molar-refractivity contribution < 1.29 is 4.74 Å². The van der Waals surface area contributed by atoms with Crippen LogP contribution >= 0.6 is 0 Å². The van der Waals surface area contributed by atoms with Crippen molar-refractivity contribution in [3.8, 4) is 5.75 Å². The third-order valence-corrected chi connectivity index (χ3v) is 2.31. The Morgan fingerprint density at radius 1 is 1.31 bits per heavy atom. The van der Waals surface area contributed by atoms with Crippen molar-refractivity contribution in [3.63, 3.8) is 0 Å². The quantitative estimate of drug-likeness (QED) is 0.776. The molecular weight excluding hydrogens is 204 g/mol. The molecule has 4 heteroatoms. The van der Waals surface area contributed by atoms with Gasteiger partial charge in [0.25, 0.3) is 5.56 Å². The van der Waals surface area contributed by atoms with Crippen molar-refractivity contribution >= 4 is 0 Å². The number of hydrogen-bond donors (Lipinski definition) is 0. The van der Waals surface area contributed by atoms with E-state index in [-0.39, 0.29) is 5.56 Å². The first kappa shape index (κ1) is 10.4. The lowest BCUT2D eigenvalue weighted by Gasteiger charge is -2.05. The molecule has 0 radical (unpaired) electrons. The summed E-state index contributed by atoms with van der Waals surface area (Å²) in [6.45, 7) is 0.547. The molecule has 0 aliphatic heterocycles. The van der Waals surface area contributed by atoms with Crippen molar-refractivity contribution in [1.82, 2.24) is 9.55 Å². The van der Waals surface area contributed by atoms with Gasteiger partial charge in [0.1, 0.15) is 5.75 Å². The second-order valence-electron chi connectivity index (χ2n) is 3.39. The average molecular weight is 216 g/mol. The molecule has 0 unspecified atom stereocenters. The highest BCUT2D eigenvalue weighted by atomic mass is 16.5. The Labute approximate surface area is 93.1 Å². The van der Waals surface area contributed by atoms with Crippen LogP contribution in [0.4, 0.5) is 0 Å². The summed E-state index contributed by atoms with van der Waals surface area (Å²) in [5, 5.41) is 0. The SMILES string of the molecule is COc1ccc(Cn2ccncc2=O)cc1. The molecule has 0 aliphatic rings. The Kier molecular flexibility index (Phi) is 3.00. The summed E-state index contributed by atoms with van der Waals surface area (Å²) >= 11 is 0. The normalized spacial score (nSPS) is 10.1. The fourth-order valence-electron chi connectivity index (χ4n) is 1.43. The van der Waals surface area contributed by atoms with Gasteiger partial charge >= 0.3 is 0 Å². The standard InChI is InChI=1S/C12H12N2O2/c1-16-11-4-2-10(3-5-11)9-14-7-6-13-8-12(14)15/h2-8H,9H2,1H3. The maximum absolute atomic E-state index is 11.4. The summed E-state index contributed by atoms with van der Waals surface area (Å²) in [6, 6.07) is 7.63. The first-order valence-corrected chi connectivity index (χ1v) is 4.93. The number of nitrogens with zero attached hydrogens (tertiary/aromatic N) is 2. The molecule has 1 aromatic carbocycles. The third kappa shape index (κ3) is 2.28. The Hall–Kier alpha value is -2.10. The highest BCUT2D eigenvalue weighted by molar-refractivity contribution is 5.27. The van der Waals surface area contributed by atoms with Crippen LogP contribution in [0.3, 0.4) is 0 Å². The molecule has 0 amide bonds. The van der Waals surface area contributed by atoms with Crippen molar-refractivity contribution in [2.24, 2.45) is 0 Å². The summed E-state index contributed by atoms with van der Waals surface area (Å²) < 4.78 is 6.67. The van der Waals surface area contributed by atoms with E-state index in [0.29, 0.717) is 6.54 Å². The molecule has 1 aromatic heterocycles. The molecule has 0 bridgehead atoms. The maximum Gasteiger partial charge on any atom is 0.269 e. The molecule has 0 spiro atoms. The fraction of sp³-hybridized carbons (Fsp3) is 0.167. The molecule has 82 valence electrons. The lowest BCUT2D eigenvalue weighted by atomic mass is 10.2. The van der Waals surface area contributed by atoms with Crippen LogP contribution in [0.1, 0.15) is 5.56 Å². The molecule has 2 aromatic rings. The van der Waals surface area contributed by atoms with E-state index in [1.165, 1.54) is 6.20 Å². The zero-order chi connectivity index (χ0) is 11.4. The highest BCUT2D eigenvalue weighted by Crippen LogP contribution is 2.11. The van der Waals surface area contributed by atoms with Gasteiger partial charge in [0, 0.05) is 12.4 Å². The molecule has 2 rings (SSSR count). The van der Waals surface area contributed by atoms with Crippen molar-refractivity contribution in [3.05, 3.63) is 58.8 Å². The summed E-state index contributed by atoms with van der Waals surface area (Å²) in [5.41, 5.74) is 0.951. The van der Waals surface area contributed by atoms with Crippen molar-refractivity contribution in [2.45, 2.75) is 6.54 Å². The van der Waals surface area contributed by atoms with Crippen LogP contribution in [-0.4, -0.2) is 16.7 Å². The predicted molar refractivity (Wildman–Crippen MR) is 60.6 cm³/mol. The monoisotopic (exact) mass is 216 g/mol. The second kappa shape index (κ2) is 4.61. The summed E-state index contributed by atoms with van der Waals surface area (Å²) in [4.78, 5) is 15.2. The van der Waals surface area contributed by atoms with Gasteiger partial charge in [-0.2, -0.15) is 0 Å². The minimum Gasteiger partial charge on any atom is -0.497 e. The zero-order valence-corrected chi connectivity index (χ0v) is 8.96. The lowest BCUT2D eigenvalue weighted by molar-refractivity contribution is 0.414. The van der Waals surface area contributed by atoms with Gasteiger partial charge in [-0.1, -0.05) is 12.1 Å². The Morgan fingerprint density at radius 3 is 2.69 bits per heavy atom. The van der Waals surface area contributed by atoms with Gasteiger partial charge < -0.3 is 9.30 Å². The van der Waals surface area contributed by atoms with Gasteiger partial charge in [-0.15, -0.1) is 0 Å². The highest BCUT2D eigenvalue weighted by Gasteiger charge is 1.97. The number of methoxy groups -OCH3 is 1. The maximum atomic E-state index is 11.4. The smallest absolute Gasteiger partial charge is 0.269 e. The molecule has 0 saturated carbocycles. The number of aromatic nitrogens is 2. The van der Waals surface area contributed by atoms with Gasteiger partial charge in [-0.3, -0.25) is 9.78 Å². The van der Waals surface area contributed by atoms with Crippen LogP contribution in [0, 0.1) is 0 Å². The lowest BCUT2D eigenvalue weighted by Crippen LogP contribution is -2.19. The minimum atomic E-state index is -0.0988. The van der Waals surface area contributed by atoms with Crippen LogP contribution in [0.15, 0.2) is 47.7 Å². The van der Waals surface area contributed by atoms with E-state index in [0.717, 1.165) is 11.3 Å². The molecule has 4 nitrogen and oxygen atoms in total. The van der Waals surface area contributed by atoms with Gasteiger partial charge in [0.2, 0.25) is 0 Å². The van der Waals surface area contributed by atoms with E-state index in [4.69, 9.17) is 4.74 Å². The third-order valence-electron chi connectivity index (χ3n) is 2.31. The predicted octanol–water partition coefficient (Wildman–Crippen LogP) is 1.30. The number of ether oxygens (including phenoxy) is 1. The molecule has 0 fully saturated rings. The van der Waals surface area contributed by atoms with Gasteiger partial charge in [0.15, 0.2) is 0 Å².